The fourth-order valence-electron chi connectivity index (χ4n) is 5.54. The molecule has 0 bridgehead atoms. The van der Waals surface area contributed by atoms with Gasteiger partial charge >= 0.3 is 0 Å². The van der Waals surface area contributed by atoms with Crippen molar-refractivity contribution in [3.63, 3.8) is 0 Å². The van der Waals surface area contributed by atoms with E-state index >= 15 is 0 Å². The number of H-pyrrole nitrogens is 1. The molecule has 2 aliphatic rings. The quantitative estimate of drug-likeness (QED) is 0.293. The van der Waals surface area contributed by atoms with Gasteiger partial charge < -0.3 is 15.6 Å². The minimum Gasteiger partial charge on any atom is -0.367 e. The van der Waals surface area contributed by atoms with Gasteiger partial charge in [0.1, 0.15) is 16.6 Å². The van der Waals surface area contributed by atoms with Gasteiger partial charge in [0.25, 0.3) is 0 Å². The van der Waals surface area contributed by atoms with E-state index in [9.17, 15) is 4.79 Å². The van der Waals surface area contributed by atoms with Crippen LogP contribution in [0.5, 0.6) is 0 Å². The Morgan fingerprint density at radius 2 is 1.81 bits per heavy atom. The first-order valence-electron chi connectivity index (χ1n) is 13.0. The number of amides is 1. The summed E-state index contributed by atoms with van der Waals surface area (Å²) in [6, 6.07) is 18.9. The van der Waals surface area contributed by atoms with Crippen LogP contribution in [-0.4, -0.2) is 50.9 Å². The molecular weight excluding hydrogens is 484 g/mol. The molecule has 1 aliphatic heterocycles. The predicted molar refractivity (Wildman–Crippen MR) is 147 cm³/mol. The maximum Gasteiger partial charge on any atom is 0.225 e. The number of benzene rings is 1. The van der Waals surface area contributed by atoms with Gasteiger partial charge in [-0.15, -0.1) is 0 Å². The Balaban J connectivity index is 0.994. The van der Waals surface area contributed by atoms with Crippen molar-refractivity contribution in [2.75, 3.05) is 18.4 Å². The molecule has 0 spiro atoms. The van der Waals surface area contributed by atoms with Gasteiger partial charge in [0.05, 0.1) is 5.92 Å². The molecule has 0 atom stereocenters. The van der Waals surface area contributed by atoms with Crippen molar-refractivity contribution in [3.8, 4) is 11.1 Å². The molecule has 8 heteroatoms. The monoisotopic (exact) mass is 514 g/mol. The number of pyridine rings is 2. The van der Waals surface area contributed by atoms with Crippen molar-refractivity contribution in [1.29, 1.82) is 0 Å². The second-order valence-electron chi connectivity index (χ2n) is 10.2. The number of nitrogens with one attached hydrogen (secondary N) is 3. The Hall–Kier alpha value is -3.42. The number of likely N-dealkylation sites (tertiary alicyclic amines) is 1. The van der Waals surface area contributed by atoms with Crippen molar-refractivity contribution in [3.05, 3.63) is 77.7 Å². The third kappa shape index (κ3) is 5.48. The predicted octanol–water partition coefficient (Wildman–Crippen LogP) is 5.25. The fraction of sp³-hybridized carbons (Fsp3) is 0.345. The summed E-state index contributed by atoms with van der Waals surface area (Å²) in [6.07, 6.45) is 7.63. The summed E-state index contributed by atoms with van der Waals surface area (Å²) in [5.74, 6) is 1.09. The summed E-state index contributed by atoms with van der Waals surface area (Å²) in [5.41, 5.74) is 4.21. The zero-order valence-corrected chi connectivity index (χ0v) is 21.4. The van der Waals surface area contributed by atoms with E-state index in [4.69, 9.17) is 11.6 Å². The average Bonchev–Trinajstić information content (AvgIpc) is 3.32. The lowest BCUT2D eigenvalue weighted by atomic mass is 9.90. The van der Waals surface area contributed by atoms with Gasteiger partial charge in [0, 0.05) is 55.1 Å². The van der Waals surface area contributed by atoms with Gasteiger partial charge in [-0.05, 0) is 61.1 Å². The number of halogens is 1. The molecule has 0 unspecified atom stereocenters. The number of rotatable bonds is 7. The molecule has 4 heterocycles. The summed E-state index contributed by atoms with van der Waals surface area (Å²) in [4.78, 5) is 27.2. The highest BCUT2D eigenvalue weighted by Crippen LogP contribution is 2.31. The number of anilines is 1. The SMILES string of the molecule is O=C(N[C@H]1CC[C@H](Nc2cc(-c3c[nH]c4ncccc34)cc(Cl)n2)CC1)C1CN(Cc2ccccc2)C1. The molecule has 0 radical (unpaired) electrons. The maximum atomic E-state index is 12.8. The van der Waals surface area contributed by atoms with Crippen LogP contribution in [0.15, 0.2) is 67.0 Å². The number of carbonyl (C=O) groups excluding carboxylic acids is 1. The fourth-order valence-corrected chi connectivity index (χ4v) is 5.75. The largest absolute Gasteiger partial charge is 0.367 e. The zero-order chi connectivity index (χ0) is 25.2. The van der Waals surface area contributed by atoms with Crippen LogP contribution in [-0.2, 0) is 11.3 Å². The maximum absolute atomic E-state index is 12.8. The Morgan fingerprint density at radius 3 is 2.62 bits per heavy atom. The van der Waals surface area contributed by atoms with E-state index in [1.54, 1.807) is 6.20 Å². The molecule has 1 saturated heterocycles. The third-order valence-corrected chi connectivity index (χ3v) is 7.75. The summed E-state index contributed by atoms with van der Waals surface area (Å²) >= 11 is 6.39. The van der Waals surface area contributed by atoms with Crippen LogP contribution in [0.1, 0.15) is 31.2 Å². The van der Waals surface area contributed by atoms with Crippen LogP contribution < -0.4 is 10.6 Å². The Kier molecular flexibility index (Phi) is 6.81. The second kappa shape index (κ2) is 10.5. The van der Waals surface area contributed by atoms with Gasteiger partial charge in [-0.2, -0.15) is 0 Å². The van der Waals surface area contributed by atoms with Crippen molar-refractivity contribution in [2.45, 2.75) is 44.3 Å². The molecule has 190 valence electrons. The number of carbonyl (C=O) groups is 1. The van der Waals surface area contributed by atoms with E-state index in [2.05, 4.69) is 60.8 Å². The number of hydrogen-bond acceptors (Lipinski definition) is 5. The van der Waals surface area contributed by atoms with Crippen LogP contribution in [0, 0.1) is 5.92 Å². The molecule has 3 aromatic heterocycles. The van der Waals surface area contributed by atoms with E-state index in [-0.39, 0.29) is 17.9 Å². The number of aromatic nitrogens is 3. The highest BCUT2D eigenvalue weighted by molar-refractivity contribution is 6.29. The summed E-state index contributed by atoms with van der Waals surface area (Å²) < 4.78 is 0. The minimum absolute atomic E-state index is 0.105. The Labute approximate surface area is 221 Å². The van der Waals surface area contributed by atoms with Gasteiger partial charge in [0.2, 0.25) is 5.91 Å². The molecule has 7 nitrogen and oxygen atoms in total. The molecule has 2 fully saturated rings. The number of fused-ring (bicyclic) bond motifs is 1. The Bertz CT molecular complexity index is 1380. The minimum atomic E-state index is 0.105. The van der Waals surface area contributed by atoms with Crippen molar-refractivity contribution >= 4 is 34.4 Å². The van der Waals surface area contributed by atoms with Crippen LogP contribution in [0.25, 0.3) is 22.2 Å². The molecule has 6 rings (SSSR count). The summed E-state index contributed by atoms with van der Waals surface area (Å²) in [5, 5.41) is 8.40. The van der Waals surface area contributed by atoms with Crippen LogP contribution >= 0.6 is 11.6 Å². The number of aromatic amines is 1. The third-order valence-electron chi connectivity index (χ3n) is 7.56. The molecule has 1 aliphatic carbocycles. The van der Waals surface area contributed by atoms with Gasteiger partial charge in [-0.1, -0.05) is 41.9 Å². The van der Waals surface area contributed by atoms with Crippen molar-refractivity contribution < 1.29 is 4.79 Å². The average molecular weight is 515 g/mol. The van der Waals surface area contributed by atoms with Gasteiger partial charge in [-0.3, -0.25) is 9.69 Å². The lowest BCUT2D eigenvalue weighted by molar-refractivity contribution is -0.131. The molecule has 1 saturated carbocycles. The first kappa shape index (κ1) is 23.9. The first-order chi connectivity index (χ1) is 18.1. The topological polar surface area (TPSA) is 85.9 Å². The summed E-state index contributed by atoms with van der Waals surface area (Å²) in [7, 11) is 0. The van der Waals surface area contributed by atoms with Gasteiger partial charge in [0.15, 0.2) is 0 Å². The molecule has 1 amide bonds. The molecule has 4 aromatic rings. The summed E-state index contributed by atoms with van der Waals surface area (Å²) in [6.45, 7) is 2.59. The smallest absolute Gasteiger partial charge is 0.225 e. The molecule has 37 heavy (non-hydrogen) atoms. The van der Waals surface area contributed by atoms with Crippen molar-refractivity contribution in [1.82, 2.24) is 25.2 Å². The second-order valence-corrected chi connectivity index (χ2v) is 10.6. The molecular formula is C29H31ClN6O. The van der Waals surface area contributed by atoms with Crippen LogP contribution in [0.4, 0.5) is 5.82 Å². The normalized spacial score (nSPS) is 20.5. The van der Waals surface area contributed by atoms with Crippen molar-refractivity contribution in [2.24, 2.45) is 5.92 Å². The van der Waals surface area contributed by atoms with E-state index in [1.165, 1.54) is 5.56 Å². The van der Waals surface area contributed by atoms with Gasteiger partial charge in [-0.25, -0.2) is 9.97 Å². The number of nitrogens with zero attached hydrogens (tertiary/aromatic N) is 3. The molecule has 1 aromatic carbocycles. The van der Waals surface area contributed by atoms with E-state index in [1.807, 2.05) is 30.5 Å². The molecule has 3 N–H and O–H groups in total. The highest BCUT2D eigenvalue weighted by atomic mass is 35.5. The highest BCUT2D eigenvalue weighted by Gasteiger charge is 2.34. The zero-order valence-electron chi connectivity index (χ0n) is 20.7. The van der Waals surface area contributed by atoms with E-state index in [0.29, 0.717) is 11.2 Å². The standard InChI is InChI=1S/C29H31ClN6O/c30-26-13-20(25-15-32-28-24(25)7-4-12-31-28)14-27(35-26)33-22-8-10-23(11-9-22)34-29(37)21-17-36(18-21)16-19-5-2-1-3-6-19/h1-7,12-15,21-23H,8-11,16-18H2,(H,31,32)(H,33,35)(H,34,37)/t22-,23-. The van der Waals surface area contributed by atoms with E-state index in [0.717, 1.165) is 73.3 Å². The first-order valence-corrected chi connectivity index (χ1v) is 13.4. The van der Waals surface area contributed by atoms with Crippen LogP contribution in [0.3, 0.4) is 0 Å². The number of hydrogen-bond donors (Lipinski definition) is 3. The van der Waals surface area contributed by atoms with Crippen LogP contribution in [0.2, 0.25) is 5.15 Å². The van der Waals surface area contributed by atoms with E-state index < -0.39 is 0 Å². The lowest BCUT2D eigenvalue weighted by Gasteiger charge is -2.39. The Morgan fingerprint density at radius 1 is 1.03 bits per heavy atom. The lowest BCUT2D eigenvalue weighted by Crippen LogP contribution is -2.55.